The first-order valence-electron chi connectivity index (χ1n) is 12.8. The van der Waals surface area contributed by atoms with Crippen LogP contribution in [0.25, 0.3) is 0 Å². The largest absolute Gasteiger partial charge is 0.479 e. The molecule has 2 bridgehead atoms. The molecule has 0 radical (unpaired) electrons. The molecule has 2 aromatic heterocycles. The summed E-state index contributed by atoms with van der Waals surface area (Å²) in [6.07, 6.45) is 4.26. The predicted molar refractivity (Wildman–Crippen MR) is 148 cm³/mol. The van der Waals surface area contributed by atoms with Crippen LogP contribution in [-0.4, -0.2) is 58.0 Å². The smallest absolute Gasteiger partial charge is 0.346 e. The number of esters is 1. The van der Waals surface area contributed by atoms with E-state index in [4.69, 9.17) is 14.9 Å². The summed E-state index contributed by atoms with van der Waals surface area (Å²) >= 11 is 2.46. The lowest BCUT2D eigenvalue weighted by atomic mass is 9.98. The molecule has 38 heavy (non-hydrogen) atoms. The van der Waals surface area contributed by atoms with Gasteiger partial charge in [0, 0.05) is 32.0 Å². The van der Waals surface area contributed by atoms with Crippen molar-refractivity contribution < 1.29 is 29.6 Å². The van der Waals surface area contributed by atoms with Crippen LogP contribution in [0.3, 0.4) is 0 Å². The van der Waals surface area contributed by atoms with Crippen molar-refractivity contribution in [1.29, 1.82) is 0 Å². The standard InChI is InChI=1S/C19H27NO3.C10H8O3S2/c1-13(22)23-18-11-16-6-7-17(18)19(16)20(2)12-15-5-3-4-14(10-15)8-9-21;11-9(12)10(13,7-3-1-5-14-7)8-4-2-6-15-8/h3-5,10,16-19,21H,6-9,11-12H2,1-2H3;1-6,13H,(H,11,12). The zero-order valence-corrected chi connectivity index (χ0v) is 23.3. The number of ether oxygens (including phenoxy) is 1. The minimum Gasteiger partial charge on any atom is -0.479 e. The first kappa shape index (κ1) is 28.4. The fourth-order valence-electron chi connectivity index (χ4n) is 5.98. The number of rotatable bonds is 9. The number of aliphatic carboxylic acids is 1. The molecule has 2 fully saturated rings. The van der Waals surface area contributed by atoms with Gasteiger partial charge in [-0.1, -0.05) is 36.4 Å². The van der Waals surface area contributed by atoms with Crippen LogP contribution in [0, 0.1) is 11.8 Å². The molecule has 2 heterocycles. The molecule has 204 valence electrons. The Kier molecular flexibility index (Phi) is 9.38. The molecule has 0 amide bonds. The van der Waals surface area contributed by atoms with Crippen LogP contribution in [-0.2, 0) is 32.9 Å². The van der Waals surface area contributed by atoms with Gasteiger partial charge in [-0.25, -0.2) is 4.79 Å². The number of fused-ring (bicyclic) bond motifs is 2. The average molecular weight is 558 g/mol. The van der Waals surface area contributed by atoms with Gasteiger partial charge in [0.1, 0.15) is 6.10 Å². The molecule has 2 aliphatic rings. The monoisotopic (exact) mass is 557 g/mol. The van der Waals surface area contributed by atoms with Gasteiger partial charge in [-0.3, -0.25) is 9.69 Å². The van der Waals surface area contributed by atoms with E-state index in [9.17, 15) is 14.7 Å². The maximum atomic E-state index is 11.3. The number of aliphatic hydroxyl groups excluding tert-OH is 1. The zero-order valence-electron chi connectivity index (χ0n) is 21.7. The summed E-state index contributed by atoms with van der Waals surface area (Å²) in [6, 6.07) is 15.7. The van der Waals surface area contributed by atoms with Crippen molar-refractivity contribution in [2.24, 2.45) is 11.8 Å². The van der Waals surface area contributed by atoms with Crippen molar-refractivity contribution in [2.45, 2.75) is 56.9 Å². The number of carbonyl (C=O) groups excluding carboxylic acids is 1. The van der Waals surface area contributed by atoms with Crippen molar-refractivity contribution in [1.82, 2.24) is 4.90 Å². The Balaban J connectivity index is 0.000000194. The number of carboxylic acids is 1. The highest BCUT2D eigenvalue weighted by Gasteiger charge is 2.51. The quantitative estimate of drug-likeness (QED) is 0.332. The third-order valence-corrected chi connectivity index (χ3v) is 9.48. The fraction of sp³-hybridized carbons (Fsp3) is 0.448. The number of thiophene rings is 2. The lowest BCUT2D eigenvalue weighted by Gasteiger charge is -2.29. The summed E-state index contributed by atoms with van der Waals surface area (Å²) in [5, 5.41) is 32.0. The number of hydrogen-bond donors (Lipinski definition) is 3. The molecule has 3 aromatic rings. The summed E-state index contributed by atoms with van der Waals surface area (Å²) in [5.41, 5.74) is 0.571. The molecule has 2 saturated carbocycles. The Morgan fingerprint density at radius 3 is 2.26 bits per heavy atom. The zero-order chi connectivity index (χ0) is 27.3. The molecule has 0 aliphatic heterocycles. The third kappa shape index (κ3) is 6.18. The first-order chi connectivity index (χ1) is 18.2. The van der Waals surface area contributed by atoms with E-state index < -0.39 is 11.6 Å². The van der Waals surface area contributed by atoms with Crippen LogP contribution in [0.2, 0.25) is 0 Å². The normalized spacial score (nSPS) is 22.2. The lowest BCUT2D eigenvalue weighted by molar-refractivity contribution is -0.154. The van der Waals surface area contributed by atoms with Crippen LogP contribution in [0.15, 0.2) is 59.3 Å². The van der Waals surface area contributed by atoms with Crippen molar-refractivity contribution in [3.63, 3.8) is 0 Å². The average Bonchev–Trinajstić information content (AvgIpc) is 3.69. The van der Waals surface area contributed by atoms with Crippen LogP contribution >= 0.6 is 22.7 Å². The summed E-state index contributed by atoms with van der Waals surface area (Å²) in [4.78, 5) is 25.8. The van der Waals surface area contributed by atoms with Crippen molar-refractivity contribution in [3.8, 4) is 0 Å². The number of carbonyl (C=O) groups is 2. The summed E-state index contributed by atoms with van der Waals surface area (Å²) in [7, 11) is 2.19. The summed E-state index contributed by atoms with van der Waals surface area (Å²) < 4.78 is 5.53. The second-order valence-electron chi connectivity index (χ2n) is 10.1. The van der Waals surface area contributed by atoms with E-state index in [0.717, 1.165) is 13.0 Å². The summed E-state index contributed by atoms with van der Waals surface area (Å²) in [5.74, 6) is -0.266. The Morgan fingerprint density at radius 1 is 1.05 bits per heavy atom. The van der Waals surface area contributed by atoms with Gasteiger partial charge in [-0.15, -0.1) is 22.7 Å². The van der Waals surface area contributed by atoms with E-state index >= 15 is 0 Å². The van der Waals surface area contributed by atoms with Crippen LogP contribution in [0.4, 0.5) is 0 Å². The van der Waals surface area contributed by atoms with E-state index in [0.29, 0.717) is 34.1 Å². The highest BCUT2D eigenvalue weighted by atomic mass is 32.1. The Bertz CT molecular complexity index is 1160. The minimum absolute atomic E-state index is 0.111. The van der Waals surface area contributed by atoms with Crippen molar-refractivity contribution >= 4 is 34.6 Å². The molecule has 0 spiro atoms. The Morgan fingerprint density at radius 2 is 1.71 bits per heavy atom. The van der Waals surface area contributed by atoms with Gasteiger partial charge >= 0.3 is 11.9 Å². The van der Waals surface area contributed by atoms with Crippen molar-refractivity contribution in [2.75, 3.05) is 13.7 Å². The predicted octanol–water partition coefficient (Wildman–Crippen LogP) is 4.51. The highest BCUT2D eigenvalue weighted by molar-refractivity contribution is 7.12. The van der Waals surface area contributed by atoms with Gasteiger partial charge in [0.15, 0.2) is 0 Å². The number of aliphatic hydroxyl groups is 2. The minimum atomic E-state index is -1.90. The third-order valence-electron chi connectivity index (χ3n) is 7.52. The maximum absolute atomic E-state index is 11.3. The fourth-order valence-corrected chi connectivity index (χ4v) is 7.70. The van der Waals surface area contributed by atoms with Gasteiger partial charge in [-0.05, 0) is 72.7 Å². The van der Waals surface area contributed by atoms with Gasteiger partial charge in [-0.2, -0.15) is 0 Å². The molecular formula is C29H35NO6S2. The highest BCUT2D eigenvalue weighted by Crippen LogP contribution is 2.48. The molecule has 4 unspecified atom stereocenters. The van der Waals surface area contributed by atoms with Gasteiger partial charge in [0.05, 0.1) is 9.75 Å². The molecule has 2 aliphatic carbocycles. The number of benzene rings is 1. The summed E-state index contributed by atoms with van der Waals surface area (Å²) in [6.45, 7) is 2.61. The molecular weight excluding hydrogens is 522 g/mol. The Labute approximate surface area is 231 Å². The molecule has 3 N–H and O–H groups in total. The number of carboxylic acid groups (broad SMARTS) is 1. The molecule has 4 atom stereocenters. The number of hydrogen-bond acceptors (Lipinski definition) is 8. The molecule has 7 nitrogen and oxygen atoms in total. The Hall–Kier alpha value is -2.56. The molecule has 0 saturated heterocycles. The van der Waals surface area contributed by atoms with Gasteiger partial charge in [0.25, 0.3) is 0 Å². The van der Waals surface area contributed by atoms with Gasteiger partial charge in [0.2, 0.25) is 5.60 Å². The van der Waals surface area contributed by atoms with E-state index in [-0.39, 0.29) is 18.7 Å². The van der Waals surface area contributed by atoms with Crippen LogP contribution < -0.4 is 0 Å². The number of nitrogens with zero attached hydrogens (tertiary/aromatic N) is 1. The van der Waals surface area contributed by atoms with E-state index in [1.54, 1.807) is 35.0 Å². The SMILES string of the molecule is CC(=O)OC1CC2CCC1C2N(C)Cc1cccc(CCO)c1.O=C(O)C(O)(c1cccs1)c1cccs1. The second-order valence-corrected chi connectivity index (χ2v) is 11.9. The molecule has 5 rings (SSSR count). The van der Waals surface area contributed by atoms with E-state index in [1.807, 2.05) is 0 Å². The van der Waals surface area contributed by atoms with E-state index in [1.165, 1.54) is 53.6 Å². The first-order valence-corrected chi connectivity index (χ1v) is 14.6. The lowest BCUT2D eigenvalue weighted by Crippen LogP contribution is -2.37. The van der Waals surface area contributed by atoms with Crippen LogP contribution in [0.1, 0.15) is 47.1 Å². The second kappa shape index (κ2) is 12.5. The van der Waals surface area contributed by atoms with Crippen molar-refractivity contribution in [3.05, 3.63) is 80.2 Å². The van der Waals surface area contributed by atoms with Gasteiger partial charge < -0.3 is 20.1 Å². The van der Waals surface area contributed by atoms with E-state index in [2.05, 4.69) is 36.2 Å². The maximum Gasteiger partial charge on any atom is 0.346 e. The molecule has 1 aromatic carbocycles. The van der Waals surface area contributed by atoms with Crippen LogP contribution in [0.5, 0.6) is 0 Å². The topological polar surface area (TPSA) is 107 Å². The molecule has 9 heteroatoms.